The van der Waals surface area contributed by atoms with Gasteiger partial charge in [0.15, 0.2) is 5.78 Å². The molecule has 0 aromatic heterocycles. The van der Waals surface area contributed by atoms with Crippen molar-refractivity contribution in [3.05, 3.63) is 101 Å². The number of carboxylic acids is 1. The monoisotopic (exact) mass is 471 g/mol. The van der Waals surface area contributed by atoms with Gasteiger partial charge in [0, 0.05) is 24.1 Å². The minimum atomic E-state index is -4.51. The highest BCUT2D eigenvalue weighted by Crippen LogP contribution is 2.33. The first-order valence-electron chi connectivity index (χ1n) is 10.6. The molecule has 0 saturated carbocycles. The Morgan fingerprint density at radius 2 is 1.62 bits per heavy atom. The van der Waals surface area contributed by atoms with E-state index in [1.165, 1.54) is 12.1 Å². The number of hydrogen-bond donors (Lipinski definition) is 1. The molecule has 1 atom stereocenters. The topological polar surface area (TPSA) is 66.8 Å². The van der Waals surface area contributed by atoms with Crippen molar-refractivity contribution in [3.63, 3.8) is 0 Å². The average molecular weight is 471 g/mol. The molecule has 0 aliphatic rings. The highest BCUT2D eigenvalue weighted by atomic mass is 19.4. The molecule has 0 amide bonds. The van der Waals surface area contributed by atoms with Crippen LogP contribution >= 0.6 is 0 Å². The summed E-state index contributed by atoms with van der Waals surface area (Å²) < 4.78 is 45.9. The Balaban J connectivity index is 1.87. The first-order valence-corrected chi connectivity index (χ1v) is 10.6. The molecule has 0 spiro atoms. The van der Waals surface area contributed by atoms with Crippen LogP contribution in [0.1, 0.15) is 39.6 Å². The molecule has 8 heteroatoms. The third-order valence-corrected chi connectivity index (χ3v) is 5.17. The predicted octanol–water partition coefficient (Wildman–Crippen LogP) is 5.46. The number of halogens is 3. The van der Waals surface area contributed by atoms with Crippen LogP contribution in [-0.4, -0.2) is 41.9 Å². The molecule has 0 radical (unpaired) electrons. The molecular weight excluding hydrogens is 447 g/mol. The van der Waals surface area contributed by atoms with Crippen LogP contribution in [0.15, 0.2) is 78.9 Å². The summed E-state index contributed by atoms with van der Waals surface area (Å²) in [5, 5.41) is 8.97. The average Bonchev–Trinajstić information content (AvgIpc) is 2.81. The number of hydrogen-bond acceptors (Lipinski definition) is 4. The van der Waals surface area contributed by atoms with Gasteiger partial charge in [-0.25, -0.2) is 0 Å². The highest BCUT2D eigenvalue weighted by Gasteiger charge is 2.31. The summed E-state index contributed by atoms with van der Waals surface area (Å²) in [5.74, 6) is -0.890. The lowest BCUT2D eigenvalue weighted by Crippen LogP contribution is -2.28. The van der Waals surface area contributed by atoms with Gasteiger partial charge in [-0.2, -0.15) is 13.2 Å². The fraction of sp³-hybridized carbons (Fsp3) is 0.231. The molecular formula is C26H24F3NO4. The third kappa shape index (κ3) is 6.92. The number of rotatable bonds is 10. The summed E-state index contributed by atoms with van der Waals surface area (Å²) in [6.45, 7) is 0.0617. The number of ketones is 1. The van der Waals surface area contributed by atoms with Crippen molar-refractivity contribution >= 4 is 11.8 Å². The molecule has 0 aliphatic carbocycles. The second-order valence-corrected chi connectivity index (χ2v) is 7.87. The Hall–Kier alpha value is -3.65. The van der Waals surface area contributed by atoms with Gasteiger partial charge in [0.25, 0.3) is 0 Å². The van der Waals surface area contributed by atoms with Crippen LogP contribution in [0.5, 0.6) is 5.75 Å². The lowest BCUT2D eigenvalue weighted by Gasteiger charge is -2.23. The molecule has 3 aromatic rings. The largest absolute Gasteiger partial charge is 0.486 e. The van der Waals surface area contributed by atoms with E-state index >= 15 is 0 Å². The standard InChI is InChI=1S/C26H24F3NO4/c1-30(17-24(31)32)14-13-23(19-9-5-11-21(15-19)26(27,28)29)34-22-12-6-10-20(16-22)25(33)18-7-3-2-4-8-18/h2-12,15-16,23H,13-14,17H2,1H3,(H,31,32). The van der Waals surface area contributed by atoms with Gasteiger partial charge in [-0.3, -0.25) is 14.5 Å². The molecule has 178 valence electrons. The Labute approximate surface area is 195 Å². The summed E-state index contributed by atoms with van der Waals surface area (Å²) >= 11 is 0. The van der Waals surface area contributed by atoms with E-state index in [2.05, 4.69) is 0 Å². The Bertz CT molecular complexity index is 1130. The van der Waals surface area contributed by atoms with Crippen LogP contribution in [0.4, 0.5) is 13.2 Å². The molecule has 0 saturated heterocycles. The molecule has 0 heterocycles. The lowest BCUT2D eigenvalue weighted by atomic mass is 10.0. The van der Waals surface area contributed by atoms with Gasteiger partial charge in [0.2, 0.25) is 0 Å². The molecule has 1 N–H and O–H groups in total. The number of carbonyl (C=O) groups excluding carboxylic acids is 1. The summed E-state index contributed by atoms with van der Waals surface area (Å²) in [4.78, 5) is 25.3. The quantitative estimate of drug-likeness (QED) is 0.398. The first kappa shape index (κ1) is 25.0. The van der Waals surface area contributed by atoms with Gasteiger partial charge >= 0.3 is 12.1 Å². The van der Waals surface area contributed by atoms with Gasteiger partial charge in [0.05, 0.1) is 12.1 Å². The second-order valence-electron chi connectivity index (χ2n) is 7.87. The summed E-state index contributed by atoms with van der Waals surface area (Å²) in [5.41, 5.74) is 0.391. The number of aliphatic carboxylic acids is 1. The van der Waals surface area contributed by atoms with E-state index in [1.807, 2.05) is 0 Å². The summed E-state index contributed by atoms with van der Waals surface area (Å²) in [6, 6.07) is 20.0. The number of benzene rings is 3. The van der Waals surface area contributed by atoms with Crippen molar-refractivity contribution in [3.8, 4) is 5.75 Å². The van der Waals surface area contributed by atoms with E-state index in [0.717, 1.165) is 12.1 Å². The molecule has 0 aliphatic heterocycles. The zero-order chi connectivity index (χ0) is 24.7. The van der Waals surface area contributed by atoms with Crippen molar-refractivity contribution < 1.29 is 32.6 Å². The van der Waals surface area contributed by atoms with Crippen LogP contribution in [0.25, 0.3) is 0 Å². The predicted molar refractivity (Wildman–Crippen MR) is 121 cm³/mol. The maximum Gasteiger partial charge on any atom is 0.416 e. The van der Waals surface area contributed by atoms with Gasteiger partial charge in [-0.1, -0.05) is 54.6 Å². The number of nitrogens with zero attached hydrogens (tertiary/aromatic N) is 1. The Kier molecular flexibility index (Phi) is 8.07. The van der Waals surface area contributed by atoms with Crippen LogP contribution in [0, 0.1) is 0 Å². The lowest BCUT2D eigenvalue weighted by molar-refractivity contribution is -0.138. The minimum absolute atomic E-state index is 0.206. The van der Waals surface area contributed by atoms with Gasteiger partial charge in [-0.15, -0.1) is 0 Å². The first-order chi connectivity index (χ1) is 16.1. The molecule has 3 rings (SSSR count). The van der Waals surface area contributed by atoms with Crippen molar-refractivity contribution in [2.45, 2.75) is 18.7 Å². The van der Waals surface area contributed by atoms with Crippen LogP contribution in [0.2, 0.25) is 0 Å². The molecule has 3 aromatic carbocycles. The maximum atomic E-state index is 13.3. The summed E-state index contributed by atoms with van der Waals surface area (Å²) in [7, 11) is 1.61. The zero-order valence-electron chi connectivity index (χ0n) is 18.5. The smallest absolute Gasteiger partial charge is 0.416 e. The van der Waals surface area contributed by atoms with E-state index in [0.29, 0.717) is 22.4 Å². The fourth-order valence-corrected chi connectivity index (χ4v) is 3.49. The molecule has 0 bridgehead atoms. The normalized spacial score (nSPS) is 12.4. The van der Waals surface area contributed by atoms with E-state index in [4.69, 9.17) is 9.84 Å². The number of carbonyl (C=O) groups is 2. The Morgan fingerprint density at radius 1 is 0.941 bits per heavy atom. The summed E-state index contributed by atoms with van der Waals surface area (Å²) in [6.07, 6.45) is -5.06. The van der Waals surface area contributed by atoms with Crippen LogP contribution in [-0.2, 0) is 11.0 Å². The van der Waals surface area contributed by atoms with Crippen molar-refractivity contribution in [1.29, 1.82) is 0 Å². The van der Waals surface area contributed by atoms with Gasteiger partial charge < -0.3 is 9.84 Å². The number of ether oxygens (including phenoxy) is 1. The Morgan fingerprint density at radius 3 is 2.29 bits per heavy atom. The molecule has 5 nitrogen and oxygen atoms in total. The maximum absolute atomic E-state index is 13.3. The second kappa shape index (κ2) is 11.0. The van der Waals surface area contributed by atoms with E-state index in [9.17, 15) is 22.8 Å². The molecule has 1 unspecified atom stereocenters. The minimum Gasteiger partial charge on any atom is -0.486 e. The van der Waals surface area contributed by atoms with E-state index in [1.54, 1.807) is 66.5 Å². The van der Waals surface area contributed by atoms with Gasteiger partial charge in [-0.05, 0) is 36.9 Å². The molecule has 34 heavy (non-hydrogen) atoms. The number of likely N-dealkylation sites (N-methyl/N-ethyl adjacent to an activating group) is 1. The van der Waals surface area contributed by atoms with Crippen molar-refractivity contribution in [1.82, 2.24) is 4.90 Å². The van der Waals surface area contributed by atoms with Crippen LogP contribution < -0.4 is 4.74 Å². The van der Waals surface area contributed by atoms with E-state index in [-0.39, 0.29) is 25.3 Å². The van der Waals surface area contributed by atoms with Crippen LogP contribution in [0.3, 0.4) is 0 Å². The zero-order valence-corrected chi connectivity index (χ0v) is 18.5. The van der Waals surface area contributed by atoms with Gasteiger partial charge in [0.1, 0.15) is 11.9 Å². The number of carboxylic acid groups (broad SMARTS) is 1. The SMILES string of the molecule is CN(CCC(Oc1cccc(C(=O)c2ccccc2)c1)c1cccc(C(F)(F)F)c1)CC(=O)O. The van der Waals surface area contributed by atoms with Crippen molar-refractivity contribution in [2.24, 2.45) is 0 Å². The highest BCUT2D eigenvalue weighted by molar-refractivity contribution is 6.09. The fourth-order valence-electron chi connectivity index (χ4n) is 3.49. The number of alkyl halides is 3. The van der Waals surface area contributed by atoms with Crippen molar-refractivity contribution in [2.75, 3.05) is 20.1 Å². The van der Waals surface area contributed by atoms with E-state index < -0.39 is 23.8 Å². The third-order valence-electron chi connectivity index (χ3n) is 5.17. The molecule has 0 fully saturated rings.